The normalized spacial score (nSPS) is 22.0. The van der Waals surface area contributed by atoms with Crippen LogP contribution < -0.4 is 5.73 Å². The summed E-state index contributed by atoms with van der Waals surface area (Å²) in [6, 6.07) is 9.40. The largest absolute Gasteiger partial charge is 0.327 e. The Morgan fingerprint density at radius 1 is 1.29 bits per heavy atom. The van der Waals surface area contributed by atoms with Gasteiger partial charge in [0.2, 0.25) is 0 Å². The zero-order valence-electron chi connectivity index (χ0n) is 11.0. The van der Waals surface area contributed by atoms with Crippen LogP contribution in [0.2, 0.25) is 0 Å². The van der Waals surface area contributed by atoms with Gasteiger partial charge in [0.05, 0.1) is 0 Å². The molecular formula is C15H24N2. The summed E-state index contributed by atoms with van der Waals surface area (Å²) >= 11 is 0. The smallest absolute Gasteiger partial charge is 0.0234 e. The second kappa shape index (κ2) is 5.65. The van der Waals surface area contributed by atoms with Gasteiger partial charge in [0.25, 0.3) is 0 Å². The molecule has 0 bridgehead atoms. The van der Waals surface area contributed by atoms with Crippen LogP contribution in [0.25, 0.3) is 0 Å². The van der Waals surface area contributed by atoms with E-state index >= 15 is 0 Å². The predicted molar refractivity (Wildman–Crippen MR) is 73.0 cm³/mol. The van der Waals surface area contributed by atoms with Gasteiger partial charge in [-0.25, -0.2) is 0 Å². The van der Waals surface area contributed by atoms with E-state index in [4.69, 9.17) is 5.73 Å². The maximum absolute atomic E-state index is 6.00. The van der Waals surface area contributed by atoms with Crippen molar-refractivity contribution in [1.29, 1.82) is 0 Å². The Morgan fingerprint density at radius 3 is 2.59 bits per heavy atom. The highest BCUT2D eigenvalue weighted by atomic mass is 15.1. The minimum Gasteiger partial charge on any atom is -0.327 e. The van der Waals surface area contributed by atoms with Crippen molar-refractivity contribution in [3.8, 4) is 0 Å². The lowest BCUT2D eigenvalue weighted by atomic mass is 10.0. The van der Waals surface area contributed by atoms with Crippen molar-refractivity contribution in [2.45, 2.75) is 45.2 Å². The molecule has 0 saturated carbocycles. The Hall–Kier alpha value is -0.860. The monoisotopic (exact) mass is 232 g/mol. The predicted octanol–water partition coefficient (Wildman–Crippen LogP) is 2.73. The lowest BCUT2D eigenvalue weighted by Crippen LogP contribution is -2.42. The highest BCUT2D eigenvalue weighted by Gasteiger charge is 2.16. The maximum Gasteiger partial charge on any atom is 0.0234 e. The Labute approximate surface area is 105 Å². The van der Waals surface area contributed by atoms with E-state index < -0.39 is 0 Å². The number of piperidine rings is 1. The number of hydrogen-bond donors (Lipinski definition) is 1. The van der Waals surface area contributed by atoms with Gasteiger partial charge in [-0.15, -0.1) is 0 Å². The van der Waals surface area contributed by atoms with Crippen molar-refractivity contribution >= 4 is 0 Å². The quantitative estimate of drug-likeness (QED) is 0.868. The van der Waals surface area contributed by atoms with E-state index in [-0.39, 0.29) is 0 Å². The molecule has 0 aromatic heterocycles. The molecule has 1 heterocycles. The molecule has 0 aliphatic carbocycles. The third-order valence-electron chi connectivity index (χ3n) is 3.59. The van der Waals surface area contributed by atoms with Crippen LogP contribution in [0.15, 0.2) is 24.3 Å². The molecule has 1 aliphatic rings. The summed E-state index contributed by atoms with van der Waals surface area (Å²) in [7, 11) is 0. The van der Waals surface area contributed by atoms with E-state index in [9.17, 15) is 0 Å². The topological polar surface area (TPSA) is 29.3 Å². The molecule has 0 radical (unpaired) electrons. The van der Waals surface area contributed by atoms with Crippen molar-refractivity contribution < 1.29 is 0 Å². The van der Waals surface area contributed by atoms with Gasteiger partial charge in [-0.1, -0.05) is 38.1 Å². The molecule has 2 N–H and O–H groups in total. The molecule has 0 amide bonds. The maximum atomic E-state index is 6.00. The average molecular weight is 232 g/mol. The molecule has 2 heteroatoms. The third-order valence-corrected chi connectivity index (χ3v) is 3.59. The Balaban J connectivity index is 1.94. The molecule has 1 aromatic rings. The summed E-state index contributed by atoms with van der Waals surface area (Å²) in [5.41, 5.74) is 8.83. The fraction of sp³-hybridized carbons (Fsp3) is 0.600. The standard InChI is InChI=1S/C15H24N2/c1-12(2)14-7-5-13(6-8-14)10-17-9-3-4-15(16)11-17/h5-8,12,15H,3-4,9-11,16H2,1-2H3/t15-/m0/s1. The molecule has 17 heavy (non-hydrogen) atoms. The first kappa shape index (κ1) is 12.6. The average Bonchev–Trinajstić information content (AvgIpc) is 2.29. The van der Waals surface area contributed by atoms with Crippen LogP contribution in [-0.2, 0) is 6.54 Å². The van der Waals surface area contributed by atoms with Gasteiger partial charge in [0, 0.05) is 19.1 Å². The van der Waals surface area contributed by atoms with Gasteiger partial charge in [-0.2, -0.15) is 0 Å². The third kappa shape index (κ3) is 3.55. The van der Waals surface area contributed by atoms with Gasteiger partial charge >= 0.3 is 0 Å². The molecule has 94 valence electrons. The van der Waals surface area contributed by atoms with Crippen LogP contribution in [0.5, 0.6) is 0 Å². The van der Waals surface area contributed by atoms with Crippen LogP contribution in [0.4, 0.5) is 0 Å². The fourth-order valence-corrected chi connectivity index (χ4v) is 2.50. The molecular weight excluding hydrogens is 208 g/mol. The summed E-state index contributed by atoms with van der Waals surface area (Å²) < 4.78 is 0. The SMILES string of the molecule is CC(C)c1ccc(CN2CCC[C@H](N)C2)cc1. The minimum atomic E-state index is 0.374. The summed E-state index contributed by atoms with van der Waals surface area (Å²) in [6.45, 7) is 7.76. The molecule has 0 unspecified atom stereocenters. The molecule has 1 fully saturated rings. The Kier molecular flexibility index (Phi) is 4.19. The van der Waals surface area contributed by atoms with E-state index in [1.807, 2.05) is 0 Å². The van der Waals surface area contributed by atoms with Crippen LogP contribution in [0.3, 0.4) is 0 Å². The first-order valence-electron chi connectivity index (χ1n) is 6.72. The number of nitrogens with two attached hydrogens (primary N) is 1. The van der Waals surface area contributed by atoms with Crippen LogP contribution in [0.1, 0.15) is 43.7 Å². The Bertz CT molecular complexity index is 342. The van der Waals surface area contributed by atoms with E-state index in [0.29, 0.717) is 12.0 Å². The van der Waals surface area contributed by atoms with Crippen LogP contribution >= 0.6 is 0 Å². The summed E-state index contributed by atoms with van der Waals surface area (Å²) in [5.74, 6) is 0.618. The summed E-state index contributed by atoms with van der Waals surface area (Å²) in [5, 5.41) is 0. The van der Waals surface area contributed by atoms with Crippen molar-refractivity contribution in [2.75, 3.05) is 13.1 Å². The van der Waals surface area contributed by atoms with E-state index in [1.54, 1.807) is 0 Å². The fourth-order valence-electron chi connectivity index (χ4n) is 2.50. The van der Waals surface area contributed by atoms with Gasteiger partial charge in [-0.05, 0) is 36.4 Å². The Morgan fingerprint density at radius 2 is 2.00 bits per heavy atom. The number of likely N-dealkylation sites (tertiary alicyclic amines) is 1. The molecule has 1 saturated heterocycles. The zero-order chi connectivity index (χ0) is 12.3. The molecule has 2 nitrogen and oxygen atoms in total. The van der Waals surface area contributed by atoms with Crippen molar-refractivity contribution in [3.63, 3.8) is 0 Å². The lowest BCUT2D eigenvalue weighted by Gasteiger charge is -2.30. The summed E-state index contributed by atoms with van der Waals surface area (Å²) in [6.07, 6.45) is 2.42. The lowest BCUT2D eigenvalue weighted by molar-refractivity contribution is 0.201. The first-order chi connectivity index (χ1) is 8.15. The molecule has 1 aromatic carbocycles. The van der Waals surface area contributed by atoms with Crippen LogP contribution in [-0.4, -0.2) is 24.0 Å². The van der Waals surface area contributed by atoms with Gasteiger partial charge in [0.15, 0.2) is 0 Å². The number of hydrogen-bond acceptors (Lipinski definition) is 2. The second-order valence-corrected chi connectivity index (χ2v) is 5.53. The minimum absolute atomic E-state index is 0.374. The molecule has 1 aliphatic heterocycles. The van der Waals surface area contributed by atoms with Crippen molar-refractivity contribution in [3.05, 3.63) is 35.4 Å². The highest BCUT2D eigenvalue weighted by Crippen LogP contribution is 2.17. The van der Waals surface area contributed by atoms with Crippen LogP contribution in [0, 0.1) is 0 Å². The number of rotatable bonds is 3. The molecule has 0 spiro atoms. The van der Waals surface area contributed by atoms with E-state index in [0.717, 1.165) is 13.1 Å². The second-order valence-electron chi connectivity index (χ2n) is 5.53. The zero-order valence-corrected chi connectivity index (χ0v) is 11.0. The molecule has 2 rings (SSSR count). The van der Waals surface area contributed by atoms with Gasteiger partial charge in [0.1, 0.15) is 0 Å². The number of benzene rings is 1. The highest BCUT2D eigenvalue weighted by molar-refractivity contribution is 5.24. The van der Waals surface area contributed by atoms with E-state index in [1.165, 1.54) is 30.5 Å². The van der Waals surface area contributed by atoms with Gasteiger partial charge < -0.3 is 5.73 Å². The van der Waals surface area contributed by atoms with Crippen molar-refractivity contribution in [2.24, 2.45) is 5.73 Å². The summed E-state index contributed by atoms with van der Waals surface area (Å²) in [4.78, 5) is 2.47. The van der Waals surface area contributed by atoms with Gasteiger partial charge in [-0.3, -0.25) is 4.90 Å². The number of nitrogens with zero attached hydrogens (tertiary/aromatic N) is 1. The molecule has 1 atom stereocenters. The van der Waals surface area contributed by atoms with Crippen molar-refractivity contribution in [1.82, 2.24) is 4.90 Å². The van der Waals surface area contributed by atoms with E-state index in [2.05, 4.69) is 43.0 Å². The first-order valence-corrected chi connectivity index (χ1v) is 6.72.